The van der Waals surface area contributed by atoms with Gasteiger partial charge in [0.15, 0.2) is 4.34 Å². The first-order chi connectivity index (χ1) is 15.6. The maximum absolute atomic E-state index is 12.7. The number of rotatable bonds is 8. The van der Waals surface area contributed by atoms with Crippen molar-refractivity contribution in [2.45, 2.75) is 4.34 Å². The number of aromatic nitrogens is 1. The van der Waals surface area contributed by atoms with Crippen molar-refractivity contribution in [1.82, 2.24) is 9.88 Å². The Morgan fingerprint density at radius 2 is 1.91 bits per heavy atom. The molecule has 32 heavy (non-hydrogen) atoms. The topological polar surface area (TPSA) is 48.5 Å². The maximum atomic E-state index is 12.7. The van der Waals surface area contributed by atoms with E-state index in [1.54, 1.807) is 11.3 Å². The first-order valence-electron chi connectivity index (χ1n) is 10.4. The highest BCUT2D eigenvalue weighted by atomic mass is 35.5. The van der Waals surface area contributed by atoms with Crippen LogP contribution in [0.15, 0.2) is 70.9 Å². The Bertz CT molecular complexity index is 1060. The van der Waals surface area contributed by atoms with Crippen LogP contribution in [0.5, 0.6) is 0 Å². The summed E-state index contributed by atoms with van der Waals surface area (Å²) in [6.07, 6.45) is 1.95. The van der Waals surface area contributed by atoms with Gasteiger partial charge >= 0.3 is 0 Å². The number of piperazine rings is 1. The van der Waals surface area contributed by atoms with Gasteiger partial charge in [0.2, 0.25) is 5.91 Å². The lowest BCUT2D eigenvalue weighted by molar-refractivity contribution is -0.113. The number of carbonyl (C=O) groups excluding carboxylic acids is 1. The summed E-state index contributed by atoms with van der Waals surface area (Å²) in [4.78, 5) is 22.0. The number of hydrogen-bond donors (Lipinski definition) is 1. The van der Waals surface area contributed by atoms with Crippen LogP contribution in [-0.2, 0) is 4.79 Å². The molecule has 2 heterocycles. The molecule has 1 saturated heterocycles. The Labute approximate surface area is 202 Å². The molecule has 1 N–H and O–H groups in total. The van der Waals surface area contributed by atoms with E-state index in [0.29, 0.717) is 10.8 Å². The van der Waals surface area contributed by atoms with E-state index in [0.717, 1.165) is 59.7 Å². The van der Waals surface area contributed by atoms with Gasteiger partial charge in [-0.2, -0.15) is 0 Å². The molecule has 2 aromatic carbocycles. The highest BCUT2D eigenvalue weighted by molar-refractivity contribution is 8.01. The van der Waals surface area contributed by atoms with Gasteiger partial charge < -0.3 is 10.2 Å². The lowest BCUT2D eigenvalue weighted by atomic mass is 10.2. The number of nitrogens with one attached hydrogen (secondary N) is 1. The Balaban J connectivity index is 1.33. The molecule has 0 unspecified atom stereocenters. The van der Waals surface area contributed by atoms with E-state index in [-0.39, 0.29) is 5.91 Å². The second-order valence-corrected chi connectivity index (χ2v) is 9.95. The van der Waals surface area contributed by atoms with Crippen molar-refractivity contribution < 1.29 is 4.79 Å². The molecule has 0 spiro atoms. The maximum Gasteiger partial charge on any atom is 0.234 e. The minimum Gasteiger partial charge on any atom is -0.367 e. The number of amides is 1. The summed E-state index contributed by atoms with van der Waals surface area (Å²) >= 11 is 8.96. The van der Waals surface area contributed by atoms with E-state index >= 15 is 0 Å². The average molecular weight is 485 g/mol. The molecule has 1 aliphatic rings. The second-order valence-electron chi connectivity index (χ2n) is 7.44. The minimum atomic E-state index is -0.0315. The molecule has 8 heteroatoms. The van der Waals surface area contributed by atoms with Crippen LogP contribution in [0.4, 0.5) is 11.4 Å². The van der Waals surface area contributed by atoms with Gasteiger partial charge in [0.25, 0.3) is 0 Å². The number of halogens is 1. The zero-order chi connectivity index (χ0) is 22.3. The molecular weight excluding hydrogens is 460 g/mol. The van der Waals surface area contributed by atoms with Gasteiger partial charge in [-0.1, -0.05) is 53.7 Å². The quantitative estimate of drug-likeness (QED) is 0.338. The second kappa shape index (κ2) is 11.0. The molecule has 1 aliphatic heterocycles. The van der Waals surface area contributed by atoms with Crippen LogP contribution < -0.4 is 10.2 Å². The number of anilines is 2. The molecule has 5 nitrogen and oxygen atoms in total. The van der Waals surface area contributed by atoms with Crippen LogP contribution in [0.25, 0.3) is 11.3 Å². The van der Waals surface area contributed by atoms with Crippen molar-refractivity contribution in [2.24, 2.45) is 0 Å². The molecule has 166 valence electrons. The monoisotopic (exact) mass is 484 g/mol. The molecule has 1 fully saturated rings. The van der Waals surface area contributed by atoms with Crippen LogP contribution in [0.3, 0.4) is 0 Å². The predicted molar refractivity (Wildman–Crippen MR) is 137 cm³/mol. The van der Waals surface area contributed by atoms with Crippen LogP contribution in [-0.4, -0.2) is 54.3 Å². The number of benzene rings is 2. The smallest absolute Gasteiger partial charge is 0.234 e. The molecule has 0 radical (unpaired) electrons. The summed E-state index contributed by atoms with van der Waals surface area (Å²) in [5, 5.41) is 5.80. The fourth-order valence-corrected chi connectivity index (χ4v) is 5.36. The van der Waals surface area contributed by atoms with Crippen molar-refractivity contribution in [2.75, 3.05) is 48.7 Å². The van der Waals surface area contributed by atoms with Crippen molar-refractivity contribution in [1.29, 1.82) is 0 Å². The Morgan fingerprint density at radius 1 is 1.16 bits per heavy atom. The largest absolute Gasteiger partial charge is 0.367 e. The van der Waals surface area contributed by atoms with E-state index in [1.807, 2.05) is 53.9 Å². The normalized spacial score (nSPS) is 14.3. The van der Waals surface area contributed by atoms with Gasteiger partial charge in [-0.25, -0.2) is 4.98 Å². The van der Waals surface area contributed by atoms with Gasteiger partial charge in [0.1, 0.15) is 0 Å². The summed E-state index contributed by atoms with van der Waals surface area (Å²) < 4.78 is 0.872. The Kier molecular flexibility index (Phi) is 7.86. The zero-order valence-electron chi connectivity index (χ0n) is 17.7. The third-order valence-corrected chi connectivity index (χ3v) is 7.50. The number of thioether (sulfide) groups is 1. The molecule has 0 saturated carbocycles. The van der Waals surface area contributed by atoms with E-state index in [1.165, 1.54) is 11.8 Å². The van der Waals surface area contributed by atoms with E-state index in [4.69, 9.17) is 11.6 Å². The third kappa shape index (κ3) is 5.92. The molecule has 1 amide bonds. The number of hydrogen-bond acceptors (Lipinski definition) is 6. The SMILES string of the molecule is C=CCN1CCN(c2ccccc2NC(=O)CSc2nc(-c3ccc(Cl)cc3)cs2)CC1. The van der Waals surface area contributed by atoms with Crippen molar-refractivity contribution >= 4 is 52.0 Å². The first kappa shape index (κ1) is 22.9. The summed E-state index contributed by atoms with van der Waals surface area (Å²) in [5.41, 5.74) is 3.85. The standard InChI is InChI=1S/C24H25ClN4OS2/c1-2-11-28-12-14-29(15-13-28)22-6-4-3-5-20(22)26-23(30)17-32-24-27-21(16-31-24)18-7-9-19(25)10-8-18/h2-10,16H,1,11-15,17H2,(H,26,30). The number of para-hydroxylation sites is 2. The number of carbonyl (C=O) groups is 1. The van der Waals surface area contributed by atoms with Crippen LogP contribution in [0, 0.1) is 0 Å². The van der Waals surface area contributed by atoms with Crippen LogP contribution in [0.2, 0.25) is 5.02 Å². The Morgan fingerprint density at radius 3 is 2.66 bits per heavy atom. The summed E-state index contributed by atoms with van der Waals surface area (Å²) in [6, 6.07) is 15.6. The van der Waals surface area contributed by atoms with Crippen molar-refractivity contribution in [3.63, 3.8) is 0 Å². The third-order valence-electron chi connectivity index (χ3n) is 5.23. The van der Waals surface area contributed by atoms with Crippen LogP contribution in [0.1, 0.15) is 0 Å². The number of nitrogens with zero attached hydrogens (tertiary/aromatic N) is 3. The van der Waals surface area contributed by atoms with Crippen LogP contribution >= 0.6 is 34.7 Å². The zero-order valence-corrected chi connectivity index (χ0v) is 20.1. The van der Waals surface area contributed by atoms with Gasteiger partial charge in [-0.3, -0.25) is 9.69 Å². The summed E-state index contributed by atoms with van der Waals surface area (Å²) in [7, 11) is 0. The first-order valence-corrected chi connectivity index (χ1v) is 12.7. The fraction of sp³-hybridized carbons (Fsp3) is 0.250. The predicted octanol–water partition coefficient (Wildman–Crippen LogP) is 5.50. The van der Waals surface area contributed by atoms with E-state index in [2.05, 4.69) is 32.7 Å². The lowest BCUT2D eigenvalue weighted by Gasteiger charge is -2.36. The highest BCUT2D eigenvalue weighted by Crippen LogP contribution is 2.30. The van der Waals surface area contributed by atoms with E-state index < -0.39 is 0 Å². The Hall–Kier alpha value is -2.32. The minimum absolute atomic E-state index is 0.0315. The molecule has 4 rings (SSSR count). The lowest BCUT2D eigenvalue weighted by Crippen LogP contribution is -2.46. The molecule has 0 atom stereocenters. The van der Waals surface area contributed by atoms with E-state index in [9.17, 15) is 4.79 Å². The highest BCUT2D eigenvalue weighted by Gasteiger charge is 2.19. The molecular formula is C24H25ClN4OS2. The van der Waals surface area contributed by atoms with Crippen molar-refractivity contribution in [3.05, 3.63) is 71.6 Å². The van der Waals surface area contributed by atoms with Gasteiger partial charge in [0.05, 0.1) is 22.8 Å². The fourth-order valence-electron chi connectivity index (χ4n) is 3.60. The summed E-state index contributed by atoms with van der Waals surface area (Å²) in [6.45, 7) is 8.59. The molecule has 0 bridgehead atoms. The summed E-state index contributed by atoms with van der Waals surface area (Å²) in [5.74, 6) is 0.283. The van der Waals surface area contributed by atoms with Crippen molar-refractivity contribution in [3.8, 4) is 11.3 Å². The molecule has 3 aromatic rings. The molecule has 0 aliphatic carbocycles. The number of thiazole rings is 1. The molecule has 1 aromatic heterocycles. The average Bonchev–Trinajstić information content (AvgIpc) is 3.29. The van der Waals surface area contributed by atoms with Gasteiger partial charge in [-0.05, 0) is 24.3 Å². The van der Waals surface area contributed by atoms with Gasteiger partial charge in [-0.15, -0.1) is 17.9 Å². The van der Waals surface area contributed by atoms with Gasteiger partial charge in [0, 0.05) is 48.7 Å².